The van der Waals surface area contributed by atoms with Gasteiger partial charge in [0, 0.05) is 6.54 Å². The van der Waals surface area contributed by atoms with Crippen molar-refractivity contribution in [1.82, 2.24) is 0 Å². The van der Waals surface area contributed by atoms with Gasteiger partial charge in [-0.3, -0.25) is 0 Å². The fourth-order valence-corrected chi connectivity index (χ4v) is 1.48. The van der Waals surface area contributed by atoms with Crippen LogP contribution in [0.5, 0.6) is 0 Å². The lowest BCUT2D eigenvalue weighted by Crippen LogP contribution is -2.18. The van der Waals surface area contributed by atoms with E-state index in [0.717, 1.165) is 11.1 Å². The van der Waals surface area contributed by atoms with Crippen LogP contribution in [0.1, 0.15) is 17.2 Å². The maximum atomic E-state index is 12.9. The molecule has 0 saturated heterocycles. The molecule has 0 aliphatic heterocycles. The highest BCUT2D eigenvalue weighted by molar-refractivity contribution is 5.28. The maximum Gasteiger partial charge on any atom is 0.123 e. The van der Waals surface area contributed by atoms with E-state index >= 15 is 0 Å². The van der Waals surface area contributed by atoms with E-state index < -0.39 is 0 Å². The Balaban J connectivity index is 2.81. The molecular weight excluding hydrogens is 197 g/mol. The van der Waals surface area contributed by atoms with Crippen molar-refractivity contribution in [3.63, 3.8) is 0 Å². The van der Waals surface area contributed by atoms with Crippen LogP contribution in [0.25, 0.3) is 0 Å². The summed E-state index contributed by atoms with van der Waals surface area (Å²) in [5, 5.41) is 8.65. The molecule has 0 fully saturated rings. The second-order valence-electron chi connectivity index (χ2n) is 3.32. The minimum atomic E-state index is -0.280. The van der Waals surface area contributed by atoms with Gasteiger partial charge in [0.1, 0.15) is 5.82 Å². The Bertz CT molecular complexity index is 317. The van der Waals surface area contributed by atoms with Crippen molar-refractivity contribution < 1.29 is 14.2 Å². The van der Waals surface area contributed by atoms with E-state index in [1.165, 1.54) is 12.1 Å². The molecule has 1 atom stereocenters. The minimum absolute atomic E-state index is 0.0449. The molecule has 0 aliphatic rings. The van der Waals surface area contributed by atoms with Crippen LogP contribution in [0.4, 0.5) is 4.39 Å². The summed E-state index contributed by atoms with van der Waals surface area (Å²) in [6, 6.07) is 4.49. The van der Waals surface area contributed by atoms with Crippen molar-refractivity contribution in [3.05, 3.63) is 35.1 Å². The van der Waals surface area contributed by atoms with Crippen molar-refractivity contribution in [1.29, 1.82) is 0 Å². The molecule has 84 valence electrons. The molecule has 0 radical (unpaired) electrons. The Morgan fingerprint density at radius 2 is 2.27 bits per heavy atom. The molecule has 4 heteroatoms. The number of aliphatic hydroxyl groups is 1. The zero-order valence-electron chi connectivity index (χ0n) is 8.74. The molecule has 0 bridgehead atoms. The predicted molar refractivity (Wildman–Crippen MR) is 56.0 cm³/mol. The van der Waals surface area contributed by atoms with Gasteiger partial charge < -0.3 is 15.6 Å². The first-order valence-electron chi connectivity index (χ1n) is 4.87. The molecule has 1 rings (SSSR count). The summed E-state index contributed by atoms with van der Waals surface area (Å²) in [6.07, 6.45) is -0.280. The fourth-order valence-electron chi connectivity index (χ4n) is 1.48. The number of benzene rings is 1. The average molecular weight is 213 g/mol. The summed E-state index contributed by atoms with van der Waals surface area (Å²) < 4.78 is 18.2. The van der Waals surface area contributed by atoms with Crippen LogP contribution >= 0.6 is 0 Å². The van der Waals surface area contributed by atoms with Gasteiger partial charge in [0.2, 0.25) is 0 Å². The molecule has 0 amide bonds. The van der Waals surface area contributed by atoms with Crippen LogP contribution in [0, 0.1) is 12.7 Å². The molecular formula is C11H16FNO2. The van der Waals surface area contributed by atoms with Crippen LogP contribution in [0.15, 0.2) is 18.2 Å². The number of aliphatic hydroxyl groups excluding tert-OH is 1. The van der Waals surface area contributed by atoms with E-state index in [-0.39, 0.29) is 25.1 Å². The third kappa shape index (κ3) is 3.27. The standard InChI is InChI=1S/C11H16FNO2/c1-8-6-9(12)2-3-10(8)11(7-13)15-5-4-14/h2-3,6,11,14H,4-5,7,13H2,1H3. The first-order chi connectivity index (χ1) is 7.19. The van der Waals surface area contributed by atoms with Gasteiger partial charge in [0.05, 0.1) is 19.3 Å². The summed E-state index contributed by atoms with van der Waals surface area (Å²) in [5.74, 6) is -0.269. The van der Waals surface area contributed by atoms with E-state index in [9.17, 15) is 4.39 Å². The lowest BCUT2D eigenvalue weighted by atomic mass is 10.0. The molecule has 0 aromatic heterocycles. The monoisotopic (exact) mass is 213 g/mol. The van der Waals surface area contributed by atoms with Crippen LogP contribution in [0.3, 0.4) is 0 Å². The van der Waals surface area contributed by atoms with Crippen LogP contribution in [0.2, 0.25) is 0 Å². The number of rotatable bonds is 5. The second kappa shape index (κ2) is 5.80. The van der Waals surface area contributed by atoms with Gasteiger partial charge in [-0.05, 0) is 30.2 Å². The van der Waals surface area contributed by atoms with E-state index in [0.29, 0.717) is 6.54 Å². The van der Waals surface area contributed by atoms with Crippen molar-refractivity contribution in [2.24, 2.45) is 5.73 Å². The highest BCUT2D eigenvalue weighted by Gasteiger charge is 2.12. The van der Waals surface area contributed by atoms with Gasteiger partial charge in [0.25, 0.3) is 0 Å². The van der Waals surface area contributed by atoms with E-state index in [1.54, 1.807) is 6.07 Å². The Morgan fingerprint density at radius 1 is 1.53 bits per heavy atom. The van der Waals surface area contributed by atoms with Gasteiger partial charge >= 0.3 is 0 Å². The van der Waals surface area contributed by atoms with Gasteiger partial charge in [-0.15, -0.1) is 0 Å². The highest BCUT2D eigenvalue weighted by atomic mass is 19.1. The molecule has 0 spiro atoms. The van der Waals surface area contributed by atoms with Crippen molar-refractivity contribution >= 4 is 0 Å². The zero-order chi connectivity index (χ0) is 11.3. The summed E-state index contributed by atoms with van der Waals surface area (Å²) in [4.78, 5) is 0. The van der Waals surface area contributed by atoms with Crippen LogP contribution in [-0.4, -0.2) is 24.9 Å². The molecule has 0 saturated carbocycles. The Labute approximate surface area is 88.7 Å². The Morgan fingerprint density at radius 3 is 2.80 bits per heavy atom. The number of hydrogen-bond acceptors (Lipinski definition) is 3. The summed E-state index contributed by atoms with van der Waals surface area (Å²) in [7, 11) is 0. The number of ether oxygens (including phenoxy) is 1. The lowest BCUT2D eigenvalue weighted by molar-refractivity contribution is 0.0325. The second-order valence-corrected chi connectivity index (χ2v) is 3.32. The van der Waals surface area contributed by atoms with E-state index in [4.69, 9.17) is 15.6 Å². The molecule has 0 heterocycles. The highest BCUT2D eigenvalue weighted by Crippen LogP contribution is 2.20. The third-order valence-corrected chi connectivity index (χ3v) is 2.20. The van der Waals surface area contributed by atoms with Gasteiger partial charge in [-0.1, -0.05) is 6.07 Å². The predicted octanol–water partition coefficient (Wildman–Crippen LogP) is 1.14. The Hall–Kier alpha value is -0.970. The lowest BCUT2D eigenvalue weighted by Gasteiger charge is -2.17. The molecule has 1 aromatic rings. The first-order valence-corrected chi connectivity index (χ1v) is 4.87. The van der Waals surface area contributed by atoms with Crippen LogP contribution < -0.4 is 5.73 Å². The van der Waals surface area contributed by atoms with Crippen molar-refractivity contribution in [2.45, 2.75) is 13.0 Å². The SMILES string of the molecule is Cc1cc(F)ccc1C(CN)OCCO. The molecule has 3 N–H and O–H groups in total. The smallest absolute Gasteiger partial charge is 0.123 e. The molecule has 3 nitrogen and oxygen atoms in total. The minimum Gasteiger partial charge on any atom is -0.394 e. The average Bonchev–Trinajstić information content (AvgIpc) is 2.21. The quantitative estimate of drug-likeness (QED) is 0.771. The summed E-state index contributed by atoms with van der Waals surface area (Å²) in [6.45, 7) is 2.31. The Kier molecular flexibility index (Phi) is 4.68. The summed E-state index contributed by atoms with van der Waals surface area (Å²) in [5.41, 5.74) is 7.23. The van der Waals surface area contributed by atoms with E-state index in [1.807, 2.05) is 6.92 Å². The largest absolute Gasteiger partial charge is 0.394 e. The molecule has 15 heavy (non-hydrogen) atoms. The van der Waals surface area contributed by atoms with E-state index in [2.05, 4.69) is 0 Å². The number of halogens is 1. The number of hydrogen-bond donors (Lipinski definition) is 2. The van der Waals surface area contributed by atoms with Gasteiger partial charge in [0.15, 0.2) is 0 Å². The van der Waals surface area contributed by atoms with Gasteiger partial charge in [-0.25, -0.2) is 4.39 Å². The third-order valence-electron chi connectivity index (χ3n) is 2.20. The maximum absolute atomic E-state index is 12.9. The molecule has 1 unspecified atom stereocenters. The van der Waals surface area contributed by atoms with Crippen LogP contribution in [-0.2, 0) is 4.74 Å². The van der Waals surface area contributed by atoms with Crippen molar-refractivity contribution in [2.75, 3.05) is 19.8 Å². The normalized spacial score (nSPS) is 12.8. The summed E-state index contributed by atoms with van der Waals surface area (Å²) >= 11 is 0. The molecule has 1 aromatic carbocycles. The molecule has 0 aliphatic carbocycles. The first kappa shape index (κ1) is 12.1. The fraction of sp³-hybridized carbons (Fsp3) is 0.455. The topological polar surface area (TPSA) is 55.5 Å². The number of aryl methyl sites for hydroxylation is 1. The zero-order valence-corrected chi connectivity index (χ0v) is 8.74. The van der Waals surface area contributed by atoms with Gasteiger partial charge in [-0.2, -0.15) is 0 Å². The number of nitrogens with two attached hydrogens (primary N) is 1. The van der Waals surface area contributed by atoms with Crippen molar-refractivity contribution in [3.8, 4) is 0 Å².